The molecule has 0 aromatic heterocycles. The van der Waals surface area contributed by atoms with Gasteiger partial charge in [-0.3, -0.25) is 24.0 Å². The minimum atomic E-state index is -1.07. The zero-order valence-corrected chi connectivity index (χ0v) is 20.1. The first-order valence-corrected chi connectivity index (χ1v) is 12.1. The Hall–Kier alpha value is -3.43. The van der Waals surface area contributed by atoms with Crippen LogP contribution in [-0.2, 0) is 24.0 Å². The highest BCUT2D eigenvalue weighted by Crippen LogP contribution is 2.58. The van der Waals surface area contributed by atoms with Crippen molar-refractivity contribution in [1.29, 1.82) is 0 Å². The number of carboxylic acids is 1. The molecule has 0 fully saturated rings. The number of hydrogen-bond acceptors (Lipinski definition) is 7. The van der Waals surface area contributed by atoms with Crippen LogP contribution in [0.15, 0.2) is 68.9 Å². The molecule has 2 bridgehead atoms. The Balaban J connectivity index is 1.47. The average molecular weight is 537 g/mol. The second-order valence-corrected chi connectivity index (χ2v) is 9.72. The Morgan fingerprint density at radius 3 is 2.00 bits per heavy atom. The number of rotatable bonds is 7. The van der Waals surface area contributed by atoms with Crippen LogP contribution in [0.25, 0.3) is 0 Å². The molecule has 1 aromatic carbocycles. The molecule has 0 saturated carbocycles. The van der Waals surface area contributed by atoms with Gasteiger partial charge >= 0.3 is 5.97 Å². The van der Waals surface area contributed by atoms with Crippen LogP contribution in [-0.4, -0.2) is 46.8 Å². The number of ketones is 4. The molecule has 0 heterocycles. The van der Waals surface area contributed by atoms with Crippen molar-refractivity contribution in [3.05, 3.63) is 80.0 Å². The summed E-state index contributed by atoms with van der Waals surface area (Å²) >= 11 is 3.29. The fourth-order valence-electron chi connectivity index (χ4n) is 5.41. The standard InChI is InChI=1S/C26H21BrN2O6/c27-22-23(29-10-4-3-7-13(28)26(34)35)25(33)21-17-12-6-2-1-5-11(12)16(20(21)24(22)32)18-14(30)8-9-15(31)19(17)18/h1-2,5-6,8-9,13,16-17,29H,3-4,7,10,28H2,(H,34,35). The lowest BCUT2D eigenvalue weighted by Gasteiger charge is -2.44. The van der Waals surface area contributed by atoms with E-state index in [1.807, 2.05) is 24.3 Å². The van der Waals surface area contributed by atoms with Gasteiger partial charge in [-0.15, -0.1) is 0 Å². The molecule has 0 amide bonds. The van der Waals surface area contributed by atoms with Crippen molar-refractivity contribution in [2.24, 2.45) is 5.73 Å². The monoisotopic (exact) mass is 536 g/mol. The van der Waals surface area contributed by atoms with Crippen molar-refractivity contribution in [3.63, 3.8) is 0 Å². The van der Waals surface area contributed by atoms with Gasteiger partial charge in [-0.2, -0.15) is 0 Å². The minimum absolute atomic E-state index is 0.0841. The first-order valence-electron chi connectivity index (χ1n) is 11.3. The van der Waals surface area contributed by atoms with Gasteiger partial charge in [0, 0.05) is 40.7 Å². The topological polar surface area (TPSA) is 144 Å². The number of unbranched alkanes of at least 4 members (excludes halogenated alkanes) is 1. The summed E-state index contributed by atoms with van der Waals surface area (Å²) < 4.78 is 0.0841. The van der Waals surface area contributed by atoms with Crippen molar-refractivity contribution in [2.45, 2.75) is 37.1 Å². The fourth-order valence-corrected chi connectivity index (χ4v) is 5.94. The normalized spacial score (nSPS) is 23.5. The molecule has 5 aliphatic carbocycles. The average Bonchev–Trinajstić information content (AvgIpc) is 2.85. The van der Waals surface area contributed by atoms with Gasteiger partial charge in [-0.25, -0.2) is 0 Å². The highest BCUT2D eigenvalue weighted by atomic mass is 79.9. The summed E-state index contributed by atoms with van der Waals surface area (Å²) in [6, 6.07) is 6.35. The second-order valence-electron chi connectivity index (χ2n) is 8.93. The quantitative estimate of drug-likeness (QED) is 0.355. The molecule has 0 radical (unpaired) electrons. The number of carboxylic acid groups (broad SMARTS) is 1. The summed E-state index contributed by atoms with van der Waals surface area (Å²) in [7, 11) is 0. The van der Waals surface area contributed by atoms with E-state index in [1.54, 1.807) is 0 Å². The van der Waals surface area contributed by atoms with Crippen LogP contribution < -0.4 is 11.1 Å². The molecule has 0 saturated heterocycles. The van der Waals surface area contributed by atoms with Crippen molar-refractivity contribution in [1.82, 2.24) is 5.32 Å². The molecule has 5 aliphatic rings. The maximum atomic E-state index is 13.7. The maximum absolute atomic E-state index is 13.7. The van der Waals surface area contributed by atoms with Gasteiger partial charge in [-0.1, -0.05) is 24.3 Å². The zero-order valence-electron chi connectivity index (χ0n) is 18.5. The number of halogens is 1. The zero-order chi connectivity index (χ0) is 25.0. The van der Waals surface area contributed by atoms with E-state index in [1.165, 1.54) is 12.2 Å². The summed E-state index contributed by atoms with van der Waals surface area (Å²) in [6.45, 7) is 0.331. The lowest BCUT2D eigenvalue weighted by atomic mass is 9.56. The van der Waals surface area contributed by atoms with Crippen LogP contribution in [0.2, 0.25) is 0 Å². The fraction of sp³-hybridized carbons (Fsp3) is 0.269. The molecule has 8 nitrogen and oxygen atoms in total. The Morgan fingerprint density at radius 2 is 1.46 bits per heavy atom. The van der Waals surface area contributed by atoms with Crippen LogP contribution in [0, 0.1) is 0 Å². The Bertz CT molecular complexity index is 1370. The van der Waals surface area contributed by atoms with Gasteiger partial charge in [0.1, 0.15) is 11.7 Å². The molecule has 1 aromatic rings. The van der Waals surface area contributed by atoms with Gasteiger partial charge in [0.25, 0.3) is 0 Å². The number of carbonyl (C=O) groups excluding carboxylic acids is 4. The van der Waals surface area contributed by atoms with Crippen molar-refractivity contribution in [3.8, 4) is 0 Å². The molecule has 0 aliphatic heterocycles. The van der Waals surface area contributed by atoms with Gasteiger partial charge in [0.15, 0.2) is 17.3 Å². The molecule has 0 spiro atoms. The van der Waals surface area contributed by atoms with Crippen molar-refractivity contribution in [2.75, 3.05) is 6.54 Å². The lowest BCUT2D eigenvalue weighted by Crippen LogP contribution is -2.43. The molecule has 3 atom stereocenters. The van der Waals surface area contributed by atoms with E-state index in [4.69, 9.17) is 10.8 Å². The molecule has 6 rings (SSSR count). The number of Topliss-reactive ketones (excluding diaryl/α,β-unsaturated/α-hetero) is 2. The van der Waals surface area contributed by atoms with Crippen LogP contribution in [0.4, 0.5) is 0 Å². The summed E-state index contributed by atoms with van der Waals surface area (Å²) in [5.74, 6) is -4.05. The largest absolute Gasteiger partial charge is 0.480 e. The Morgan fingerprint density at radius 1 is 0.914 bits per heavy atom. The molecule has 9 heteroatoms. The van der Waals surface area contributed by atoms with Crippen LogP contribution in [0.3, 0.4) is 0 Å². The first-order chi connectivity index (χ1) is 16.7. The highest BCUT2D eigenvalue weighted by molar-refractivity contribution is 9.12. The Labute approximate surface area is 208 Å². The number of nitrogens with one attached hydrogen (secondary N) is 1. The third-order valence-electron chi connectivity index (χ3n) is 6.97. The first kappa shape index (κ1) is 23.3. The number of hydrogen-bond donors (Lipinski definition) is 3. The predicted molar refractivity (Wildman–Crippen MR) is 129 cm³/mol. The molecule has 35 heavy (non-hydrogen) atoms. The Kier molecular flexibility index (Phi) is 5.77. The highest BCUT2D eigenvalue weighted by Gasteiger charge is 2.54. The maximum Gasteiger partial charge on any atom is 0.320 e. The van der Waals surface area contributed by atoms with Crippen molar-refractivity contribution >= 4 is 45.0 Å². The van der Waals surface area contributed by atoms with Gasteiger partial charge in [0.05, 0.1) is 4.48 Å². The van der Waals surface area contributed by atoms with E-state index < -0.39 is 23.8 Å². The summed E-state index contributed by atoms with van der Waals surface area (Å²) in [4.78, 5) is 64.0. The van der Waals surface area contributed by atoms with E-state index in [0.29, 0.717) is 25.8 Å². The van der Waals surface area contributed by atoms with E-state index >= 15 is 0 Å². The number of aliphatic carboxylic acids is 1. The van der Waals surface area contributed by atoms with Crippen LogP contribution in [0.5, 0.6) is 0 Å². The molecular weight excluding hydrogens is 516 g/mol. The lowest BCUT2D eigenvalue weighted by molar-refractivity contribution is -0.138. The van der Waals surface area contributed by atoms with E-state index in [0.717, 1.165) is 11.1 Å². The second kappa shape index (κ2) is 8.66. The van der Waals surface area contributed by atoms with E-state index in [-0.39, 0.29) is 55.6 Å². The summed E-state index contributed by atoms with van der Waals surface area (Å²) in [5.41, 5.74) is 8.20. The third kappa shape index (κ3) is 3.49. The SMILES string of the molecule is NC(CCCCNC1=C(Br)C(=O)C2=C(C1=O)C1C3=C(C(=O)C=CC3=O)C2c2ccccc21)C(=O)O. The molecule has 4 N–H and O–H groups in total. The van der Waals surface area contributed by atoms with Gasteiger partial charge < -0.3 is 16.2 Å². The summed E-state index contributed by atoms with van der Waals surface area (Å²) in [6.07, 6.45) is 3.82. The van der Waals surface area contributed by atoms with Crippen LogP contribution in [0.1, 0.15) is 42.2 Å². The smallest absolute Gasteiger partial charge is 0.320 e. The van der Waals surface area contributed by atoms with Gasteiger partial charge in [0.2, 0.25) is 5.78 Å². The van der Waals surface area contributed by atoms with Crippen LogP contribution >= 0.6 is 15.9 Å². The third-order valence-corrected chi connectivity index (χ3v) is 7.72. The number of nitrogens with two attached hydrogens (primary N) is 1. The molecule has 3 unspecified atom stereocenters. The number of allylic oxidation sites excluding steroid dienone is 7. The number of benzene rings is 1. The van der Waals surface area contributed by atoms with E-state index in [9.17, 15) is 24.0 Å². The number of carbonyl (C=O) groups is 5. The summed E-state index contributed by atoms with van der Waals surface area (Å²) in [5, 5.41) is 11.9. The van der Waals surface area contributed by atoms with E-state index in [2.05, 4.69) is 21.2 Å². The van der Waals surface area contributed by atoms with Crippen molar-refractivity contribution < 1.29 is 29.1 Å². The van der Waals surface area contributed by atoms with Gasteiger partial charge in [-0.05, 0) is 58.5 Å². The predicted octanol–water partition coefficient (Wildman–Crippen LogP) is 2.11. The molecular formula is C26H21BrN2O6. The molecule has 178 valence electrons. The minimum Gasteiger partial charge on any atom is -0.480 e.